The van der Waals surface area contributed by atoms with E-state index in [4.69, 9.17) is 13.6 Å². The van der Waals surface area contributed by atoms with E-state index in [-0.39, 0.29) is 5.97 Å². The zero-order valence-electron chi connectivity index (χ0n) is 25.7. The Balaban J connectivity index is 1.54. The van der Waals surface area contributed by atoms with Gasteiger partial charge in [-0.05, 0) is 150 Å². The van der Waals surface area contributed by atoms with Crippen LogP contribution in [0.5, 0.6) is 0 Å². The van der Waals surface area contributed by atoms with Gasteiger partial charge >= 0.3 is 5.97 Å². The molecule has 6 heteroatoms. The van der Waals surface area contributed by atoms with E-state index < -0.39 is 16.6 Å². The molecule has 0 unspecified atom stereocenters. The highest BCUT2D eigenvalue weighted by atomic mass is 28.4. The minimum Gasteiger partial charge on any atom is -0.469 e. The predicted octanol–water partition coefficient (Wildman–Crippen LogP) is 8.29. The quantitative estimate of drug-likeness (QED) is 0.214. The summed E-state index contributed by atoms with van der Waals surface area (Å²) in [5.41, 5.74) is 0.793. The molecule has 9 atom stereocenters. The van der Waals surface area contributed by atoms with Crippen molar-refractivity contribution in [2.75, 3.05) is 13.7 Å². The summed E-state index contributed by atoms with van der Waals surface area (Å²) in [6.07, 6.45) is 14.1. The number of rotatable bonds is 9. The zero-order valence-corrected chi connectivity index (χ0v) is 27.7. The van der Waals surface area contributed by atoms with Gasteiger partial charge in [0.1, 0.15) is 0 Å². The van der Waals surface area contributed by atoms with Gasteiger partial charge in [0.05, 0.1) is 7.11 Å². The van der Waals surface area contributed by atoms with E-state index in [1.807, 2.05) is 0 Å². The molecule has 4 rings (SSSR count). The van der Waals surface area contributed by atoms with Crippen molar-refractivity contribution in [3.63, 3.8) is 0 Å². The molecule has 4 fully saturated rings. The fraction of sp³-hybridized carbons (Fsp3) is 0.968. The lowest BCUT2D eigenvalue weighted by molar-refractivity contribution is -0.151. The summed E-state index contributed by atoms with van der Waals surface area (Å²) in [6.45, 7) is 20.2. The molecule has 0 bridgehead atoms. The van der Waals surface area contributed by atoms with Crippen LogP contribution >= 0.6 is 0 Å². The summed E-state index contributed by atoms with van der Waals surface area (Å²) in [7, 11) is -1.59. The third-order valence-electron chi connectivity index (χ3n) is 11.4. The fourth-order valence-corrected chi connectivity index (χ4v) is 11.8. The first-order valence-electron chi connectivity index (χ1n) is 15.6. The molecule has 0 heterocycles. The van der Waals surface area contributed by atoms with Gasteiger partial charge in [0, 0.05) is 19.1 Å². The molecule has 0 radical (unpaired) electrons. The summed E-state index contributed by atoms with van der Waals surface area (Å²) in [4.78, 5) is 11.8. The average molecular weight is 551 g/mol. The highest BCUT2D eigenvalue weighted by molar-refractivity contribution is 6.70. The zero-order chi connectivity index (χ0) is 27.2. The van der Waals surface area contributed by atoms with Crippen LogP contribution in [-0.2, 0) is 18.4 Å². The normalized spacial score (nSPS) is 40.9. The molecule has 0 N–H and O–H groups in total. The molecule has 0 aromatic rings. The number of carbonyl (C=O) groups is 1. The van der Waals surface area contributed by atoms with Crippen LogP contribution in [0.3, 0.4) is 0 Å². The molecular formula is C31H58O4Si2. The van der Waals surface area contributed by atoms with Crippen molar-refractivity contribution in [1.29, 1.82) is 0 Å². The Morgan fingerprint density at radius 1 is 0.919 bits per heavy atom. The van der Waals surface area contributed by atoms with Crippen LogP contribution in [0.2, 0.25) is 39.3 Å². The van der Waals surface area contributed by atoms with Crippen molar-refractivity contribution in [1.82, 2.24) is 0 Å². The highest BCUT2D eigenvalue weighted by Gasteiger charge is 2.62. The van der Waals surface area contributed by atoms with Crippen molar-refractivity contribution >= 4 is 22.6 Å². The number of fused-ring (bicyclic) bond motifs is 5. The summed E-state index contributed by atoms with van der Waals surface area (Å²) >= 11 is 0. The van der Waals surface area contributed by atoms with Crippen molar-refractivity contribution in [3.05, 3.63) is 0 Å². The largest absolute Gasteiger partial charge is 0.469 e. The lowest BCUT2D eigenvalue weighted by Crippen LogP contribution is -2.58. The molecule has 0 aromatic carbocycles. The Hall–Kier alpha value is -0.176. The van der Waals surface area contributed by atoms with E-state index in [2.05, 4.69) is 53.1 Å². The van der Waals surface area contributed by atoms with Gasteiger partial charge in [-0.15, -0.1) is 0 Å². The number of hydrogen-bond acceptors (Lipinski definition) is 4. The SMILES string of the molecule is COC(=O)CC[C@@H](C)[C@H]1CC[C@H]2[C@@H]3CC[C@@H]4C[C@H](O[Si](C)(C)C)CC[C@]4(CO[Si](C)(C)C)[C@H]3CC[C@]12C. The molecule has 4 aliphatic carbocycles. The molecule has 214 valence electrons. The Labute approximate surface area is 230 Å². The van der Waals surface area contributed by atoms with E-state index in [0.29, 0.717) is 29.3 Å². The Kier molecular flexibility index (Phi) is 8.86. The van der Waals surface area contributed by atoms with Crippen LogP contribution < -0.4 is 0 Å². The second-order valence-electron chi connectivity index (χ2n) is 15.7. The smallest absolute Gasteiger partial charge is 0.305 e. The summed E-state index contributed by atoms with van der Waals surface area (Å²) in [6, 6.07) is 0. The number of hydrogen-bond donors (Lipinski definition) is 0. The Morgan fingerprint density at radius 2 is 1.65 bits per heavy atom. The van der Waals surface area contributed by atoms with E-state index in [1.165, 1.54) is 64.9 Å². The van der Waals surface area contributed by atoms with Crippen LogP contribution in [0.15, 0.2) is 0 Å². The second kappa shape index (κ2) is 11.0. The first kappa shape index (κ1) is 29.8. The van der Waals surface area contributed by atoms with E-state index in [0.717, 1.165) is 42.6 Å². The molecule has 4 nitrogen and oxygen atoms in total. The topological polar surface area (TPSA) is 44.8 Å². The second-order valence-corrected chi connectivity index (χ2v) is 24.7. The maximum Gasteiger partial charge on any atom is 0.305 e. The average Bonchev–Trinajstić information content (AvgIpc) is 3.16. The van der Waals surface area contributed by atoms with Gasteiger partial charge in [-0.3, -0.25) is 4.79 Å². The van der Waals surface area contributed by atoms with Crippen LogP contribution in [0.1, 0.15) is 84.5 Å². The summed E-state index contributed by atoms with van der Waals surface area (Å²) < 4.78 is 18.5. The van der Waals surface area contributed by atoms with Crippen LogP contribution in [0.25, 0.3) is 0 Å². The number of ether oxygens (including phenoxy) is 1. The van der Waals surface area contributed by atoms with Crippen molar-refractivity contribution in [3.8, 4) is 0 Å². The minimum absolute atomic E-state index is 0.0494. The molecule has 0 amide bonds. The Morgan fingerprint density at radius 3 is 2.30 bits per heavy atom. The summed E-state index contributed by atoms with van der Waals surface area (Å²) in [5.74, 6) is 4.58. The van der Waals surface area contributed by atoms with Crippen LogP contribution in [0, 0.1) is 46.3 Å². The van der Waals surface area contributed by atoms with E-state index in [9.17, 15) is 4.79 Å². The number of esters is 1. The first-order valence-corrected chi connectivity index (χ1v) is 22.4. The highest BCUT2D eigenvalue weighted by Crippen LogP contribution is 2.68. The maximum atomic E-state index is 11.8. The molecule has 0 aromatic heterocycles. The number of carbonyl (C=O) groups excluding carboxylic acids is 1. The standard InChI is InChI=1S/C31H58O4Si2/c1-22(10-15-29(32)33-3)26-13-14-27-25-12-11-23-20-24(35-37(7,8)9)16-19-31(23,21-34-36(4,5)6)28(25)17-18-30(26,27)2/h22-28H,10-21H2,1-9H3/t22-,23-,24-,25+,26-,27+,28+,30-,31-/m1/s1. The van der Waals surface area contributed by atoms with E-state index in [1.54, 1.807) is 0 Å². The monoisotopic (exact) mass is 550 g/mol. The van der Waals surface area contributed by atoms with Gasteiger partial charge in [0.2, 0.25) is 0 Å². The third kappa shape index (κ3) is 6.27. The molecule has 4 aliphatic rings. The lowest BCUT2D eigenvalue weighted by Gasteiger charge is -2.62. The van der Waals surface area contributed by atoms with Gasteiger partial charge in [0.25, 0.3) is 0 Å². The summed E-state index contributed by atoms with van der Waals surface area (Å²) in [5, 5.41) is 0. The minimum atomic E-state index is -1.59. The lowest BCUT2D eigenvalue weighted by atomic mass is 9.44. The van der Waals surface area contributed by atoms with Gasteiger partial charge < -0.3 is 13.6 Å². The molecule has 37 heavy (non-hydrogen) atoms. The van der Waals surface area contributed by atoms with Crippen molar-refractivity contribution < 1.29 is 18.4 Å². The molecule has 0 aliphatic heterocycles. The Bertz CT molecular complexity index is 804. The third-order valence-corrected chi connectivity index (χ3v) is 13.5. The van der Waals surface area contributed by atoms with E-state index >= 15 is 0 Å². The number of methoxy groups -OCH3 is 1. The molecular weight excluding hydrogens is 493 g/mol. The van der Waals surface area contributed by atoms with Gasteiger partial charge in [0.15, 0.2) is 16.6 Å². The van der Waals surface area contributed by atoms with Crippen LogP contribution in [-0.4, -0.2) is 42.4 Å². The molecule has 4 saturated carbocycles. The molecule has 0 spiro atoms. The van der Waals surface area contributed by atoms with Crippen LogP contribution in [0.4, 0.5) is 0 Å². The van der Waals surface area contributed by atoms with Gasteiger partial charge in [-0.25, -0.2) is 0 Å². The van der Waals surface area contributed by atoms with Crippen molar-refractivity contribution in [2.45, 2.75) is 130 Å². The van der Waals surface area contributed by atoms with Crippen molar-refractivity contribution in [2.24, 2.45) is 46.3 Å². The molecule has 0 saturated heterocycles. The van der Waals surface area contributed by atoms with Gasteiger partial charge in [-0.1, -0.05) is 13.8 Å². The fourth-order valence-electron chi connectivity index (χ4n) is 9.87. The van der Waals surface area contributed by atoms with Gasteiger partial charge in [-0.2, -0.15) is 0 Å². The predicted molar refractivity (Wildman–Crippen MR) is 157 cm³/mol. The maximum absolute atomic E-state index is 11.8. The first-order chi connectivity index (χ1) is 17.2.